The van der Waals surface area contributed by atoms with Gasteiger partial charge in [0.15, 0.2) is 0 Å². The zero-order chi connectivity index (χ0) is 26.3. The summed E-state index contributed by atoms with van der Waals surface area (Å²) in [5, 5.41) is 16.2. The van der Waals surface area contributed by atoms with Crippen molar-refractivity contribution in [2.24, 2.45) is 11.8 Å². The maximum atomic E-state index is 13.8. The van der Waals surface area contributed by atoms with E-state index >= 15 is 0 Å². The maximum absolute atomic E-state index is 13.8. The lowest BCUT2D eigenvalue weighted by atomic mass is 9.85. The predicted octanol–water partition coefficient (Wildman–Crippen LogP) is 2.74. The van der Waals surface area contributed by atoms with E-state index in [4.69, 9.17) is 9.47 Å². The van der Waals surface area contributed by atoms with Crippen molar-refractivity contribution in [3.63, 3.8) is 0 Å². The van der Waals surface area contributed by atoms with Gasteiger partial charge < -0.3 is 14.6 Å². The van der Waals surface area contributed by atoms with Gasteiger partial charge in [0.1, 0.15) is 46.0 Å². The third-order valence-corrected chi connectivity index (χ3v) is 10.5. The summed E-state index contributed by atoms with van der Waals surface area (Å²) in [4.78, 5) is 39.1. The quantitative estimate of drug-likeness (QED) is 0.183. The van der Waals surface area contributed by atoms with Crippen LogP contribution in [0.1, 0.15) is 13.8 Å². The highest BCUT2D eigenvalue weighted by molar-refractivity contribution is 7.99. The van der Waals surface area contributed by atoms with E-state index in [1.54, 1.807) is 0 Å². The van der Waals surface area contributed by atoms with Crippen LogP contribution < -0.4 is 21.0 Å². The lowest BCUT2D eigenvalue weighted by Gasteiger charge is -2.36. The van der Waals surface area contributed by atoms with E-state index in [1.807, 2.05) is 91.0 Å². The number of carbonyl (C=O) groups excluding carboxylic acids is 3. The Morgan fingerprint density at radius 2 is 1.00 bits per heavy atom. The highest BCUT2D eigenvalue weighted by atomic mass is 31.2. The smallest absolute Gasteiger partial charge is 0.317 e. The highest BCUT2D eigenvalue weighted by Gasteiger charge is 2.57. The van der Waals surface area contributed by atoms with Crippen molar-refractivity contribution in [2.45, 2.75) is 13.8 Å². The second-order valence-corrected chi connectivity index (χ2v) is 11.6. The summed E-state index contributed by atoms with van der Waals surface area (Å²) < 4.78 is 10.4. The fraction of sp³-hybridized carbons (Fsp3) is 0.207. The molecule has 36 heavy (non-hydrogen) atoms. The van der Waals surface area contributed by atoms with Gasteiger partial charge in [0.05, 0.1) is 19.0 Å². The first-order valence-corrected chi connectivity index (χ1v) is 13.2. The maximum Gasteiger partial charge on any atom is 0.317 e. The van der Waals surface area contributed by atoms with E-state index in [0.717, 1.165) is 15.9 Å². The number of carbonyl (C=O) groups is 3. The predicted molar refractivity (Wildman–Crippen MR) is 140 cm³/mol. The minimum absolute atomic E-state index is 0.0378. The van der Waals surface area contributed by atoms with Crippen molar-refractivity contribution >= 4 is 40.7 Å². The fourth-order valence-electron chi connectivity index (χ4n) is 4.68. The average Bonchev–Trinajstić information content (AvgIpc) is 2.90. The average molecular weight is 505 g/mol. The molecule has 0 fully saturated rings. The van der Waals surface area contributed by atoms with Crippen LogP contribution in [0.25, 0.3) is 0 Å². The molecule has 0 heterocycles. The molecule has 186 valence electrons. The van der Waals surface area contributed by atoms with Crippen LogP contribution in [0, 0.1) is 11.8 Å². The number of hydrogen-bond acceptors (Lipinski definition) is 6. The molecule has 3 aromatic rings. The van der Waals surface area contributed by atoms with Gasteiger partial charge in [0.2, 0.25) is 0 Å². The van der Waals surface area contributed by atoms with E-state index < -0.39 is 42.6 Å². The summed E-state index contributed by atoms with van der Waals surface area (Å²) in [6, 6.07) is 28.0. The molecule has 0 bridgehead atoms. The number of methoxy groups -OCH3 is 2. The van der Waals surface area contributed by atoms with E-state index in [-0.39, 0.29) is 5.31 Å². The molecule has 0 saturated carbocycles. The SMILES string of the molecule is COC(=O)C(/C(=C(/[O-])OC)[P+](c1ccccc1)(c1ccccc1)c1ccccc1)C(C(C)=O)C(C)=O. The number of esters is 1. The van der Waals surface area contributed by atoms with Gasteiger partial charge in [-0.3, -0.25) is 14.4 Å². The van der Waals surface area contributed by atoms with Crippen LogP contribution in [0.4, 0.5) is 0 Å². The standard InChI is InChI=1S/C29H29O6P/c1-20(30)25(21(2)31)26(28(32)34-3)27(29(33)35-4)36(22-14-8-5-9-15-22,23-16-10-6-11-17-23)24-18-12-7-13-19-24/h5-19,25-26H,1-4H3/b29-27+. The molecule has 0 aliphatic rings. The van der Waals surface area contributed by atoms with Gasteiger partial charge in [-0.2, -0.15) is 0 Å². The number of benzene rings is 3. The van der Waals surface area contributed by atoms with Crippen LogP contribution >= 0.6 is 7.26 Å². The first-order chi connectivity index (χ1) is 17.3. The summed E-state index contributed by atoms with van der Waals surface area (Å²) in [5.41, 5.74) is 0. The van der Waals surface area contributed by atoms with Crippen LogP contribution in [-0.4, -0.2) is 31.8 Å². The van der Waals surface area contributed by atoms with Gasteiger partial charge in [-0.25, -0.2) is 0 Å². The van der Waals surface area contributed by atoms with Crippen LogP contribution in [0.15, 0.2) is 102 Å². The summed E-state index contributed by atoms with van der Waals surface area (Å²) in [6.45, 7) is 2.48. The molecule has 1 atom stereocenters. The van der Waals surface area contributed by atoms with E-state index in [0.29, 0.717) is 0 Å². The van der Waals surface area contributed by atoms with Crippen molar-refractivity contribution in [3.8, 4) is 0 Å². The lowest BCUT2D eigenvalue weighted by molar-refractivity contribution is -0.354. The van der Waals surface area contributed by atoms with Gasteiger partial charge in [0, 0.05) is 0 Å². The third kappa shape index (κ3) is 4.95. The number of ketones is 2. The number of rotatable bonds is 10. The fourth-order valence-corrected chi connectivity index (χ4v) is 9.31. The second kappa shape index (κ2) is 11.8. The molecule has 0 N–H and O–H groups in total. The highest BCUT2D eigenvalue weighted by Crippen LogP contribution is 2.66. The first kappa shape index (κ1) is 26.8. The molecule has 0 aromatic heterocycles. The zero-order valence-corrected chi connectivity index (χ0v) is 21.6. The topological polar surface area (TPSA) is 92.7 Å². The summed E-state index contributed by atoms with van der Waals surface area (Å²) in [5.74, 6) is -5.59. The van der Waals surface area contributed by atoms with E-state index in [2.05, 4.69) is 0 Å². The zero-order valence-electron chi connectivity index (χ0n) is 20.7. The first-order valence-electron chi connectivity index (χ1n) is 11.4. The van der Waals surface area contributed by atoms with Crippen molar-refractivity contribution in [3.05, 3.63) is 102 Å². The van der Waals surface area contributed by atoms with Crippen molar-refractivity contribution in [2.75, 3.05) is 14.2 Å². The lowest BCUT2D eigenvalue weighted by Crippen LogP contribution is -2.43. The molecule has 0 aliphatic heterocycles. The van der Waals surface area contributed by atoms with E-state index in [9.17, 15) is 19.5 Å². The Bertz CT molecular complexity index is 1130. The number of ether oxygens (including phenoxy) is 2. The second-order valence-electron chi connectivity index (χ2n) is 8.25. The normalized spacial score (nSPS) is 12.9. The van der Waals surface area contributed by atoms with Crippen LogP contribution in [0.5, 0.6) is 0 Å². The number of hydrogen-bond donors (Lipinski definition) is 0. The van der Waals surface area contributed by atoms with Crippen molar-refractivity contribution in [1.82, 2.24) is 0 Å². The molecule has 0 saturated heterocycles. The molecule has 1 unspecified atom stereocenters. The molecule has 3 rings (SSSR count). The Labute approximate surface area is 211 Å². The number of Topliss-reactive ketones (excluding diaryl/α,β-unsaturated/α-hetero) is 2. The minimum atomic E-state index is -3.16. The molecule has 0 amide bonds. The molecule has 0 aliphatic carbocycles. The van der Waals surface area contributed by atoms with Crippen LogP contribution in [-0.2, 0) is 23.9 Å². The molecule has 0 spiro atoms. The molecule has 7 heteroatoms. The van der Waals surface area contributed by atoms with Gasteiger partial charge in [-0.15, -0.1) is 0 Å². The van der Waals surface area contributed by atoms with Gasteiger partial charge >= 0.3 is 5.97 Å². The third-order valence-electron chi connectivity index (χ3n) is 6.15. The molecule has 6 nitrogen and oxygen atoms in total. The molecule has 3 aromatic carbocycles. The Balaban J connectivity index is 2.62. The Morgan fingerprint density at radius 1 is 0.639 bits per heavy atom. The van der Waals surface area contributed by atoms with Crippen LogP contribution in [0.3, 0.4) is 0 Å². The molecule has 0 radical (unpaired) electrons. The van der Waals surface area contributed by atoms with Crippen molar-refractivity contribution in [1.29, 1.82) is 0 Å². The minimum Gasteiger partial charge on any atom is -0.614 e. The van der Waals surface area contributed by atoms with E-state index in [1.165, 1.54) is 28.1 Å². The van der Waals surface area contributed by atoms with Crippen LogP contribution in [0.2, 0.25) is 0 Å². The summed E-state index contributed by atoms with van der Waals surface area (Å²) >= 11 is 0. The Hall–Kier alpha value is -3.76. The van der Waals surface area contributed by atoms with Crippen molar-refractivity contribution < 1.29 is 29.0 Å². The molecular weight excluding hydrogens is 475 g/mol. The van der Waals surface area contributed by atoms with Gasteiger partial charge in [-0.1, -0.05) is 54.6 Å². The monoisotopic (exact) mass is 504 g/mol. The van der Waals surface area contributed by atoms with Gasteiger partial charge in [0.25, 0.3) is 0 Å². The largest absolute Gasteiger partial charge is 0.614 e. The molecular formula is C29H29O6P. The summed E-state index contributed by atoms with van der Waals surface area (Å²) in [7, 11) is -0.755. The van der Waals surface area contributed by atoms with Gasteiger partial charge in [-0.05, 0) is 57.4 Å². The Morgan fingerprint density at radius 3 is 1.28 bits per heavy atom. The Kier molecular flexibility index (Phi) is 8.78. The summed E-state index contributed by atoms with van der Waals surface area (Å²) in [6.07, 6.45) is 0.